The Morgan fingerprint density at radius 1 is 1.07 bits per heavy atom. The van der Waals surface area contributed by atoms with Crippen LogP contribution in [0.15, 0.2) is 66.9 Å². The number of anilines is 2. The van der Waals surface area contributed by atoms with E-state index in [2.05, 4.69) is 39.5 Å². The molecule has 0 unspecified atom stereocenters. The van der Waals surface area contributed by atoms with E-state index in [1.165, 1.54) is 5.56 Å². The smallest absolute Gasteiger partial charge is 0.224 e. The lowest BCUT2D eigenvalue weighted by atomic mass is 10.1. The van der Waals surface area contributed by atoms with Crippen LogP contribution in [0.4, 0.5) is 11.8 Å². The van der Waals surface area contributed by atoms with Crippen molar-refractivity contribution in [3.05, 3.63) is 83.0 Å². The van der Waals surface area contributed by atoms with Gasteiger partial charge in [-0.1, -0.05) is 54.1 Å². The van der Waals surface area contributed by atoms with E-state index < -0.39 is 0 Å². The maximum absolute atomic E-state index is 5.94. The van der Waals surface area contributed by atoms with Crippen LogP contribution in [0.3, 0.4) is 0 Å². The molecule has 0 saturated carbocycles. The molecule has 0 bridgehead atoms. The van der Waals surface area contributed by atoms with Gasteiger partial charge in [0.15, 0.2) is 0 Å². The predicted molar refractivity (Wildman–Crippen MR) is 108 cm³/mol. The number of hydrogen-bond donors (Lipinski definition) is 1. The highest BCUT2D eigenvalue weighted by Gasteiger charge is 2.25. The van der Waals surface area contributed by atoms with E-state index in [0.717, 1.165) is 22.9 Å². The third kappa shape index (κ3) is 4.38. The molecule has 138 valence electrons. The molecule has 1 aliphatic rings. The van der Waals surface area contributed by atoms with Crippen LogP contribution in [0.25, 0.3) is 0 Å². The van der Waals surface area contributed by atoms with Crippen molar-refractivity contribution in [1.29, 1.82) is 0 Å². The molecule has 3 aromatic rings. The van der Waals surface area contributed by atoms with Gasteiger partial charge in [-0.2, -0.15) is 4.98 Å². The molecule has 5 nitrogen and oxygen atoms in total. The third-order valence-corrected chi connectivity index (χ3v) is 4.86. The number of ether oxygens (including phenoxy) is 1. The Bertz CT molecular complexity index is 873. The fourth-order valence-corrected chi connectivity index (χ4v) is 3.33. The molecule has 0 radical (unpaired) electrons. The van der Waals surface area contributed by atoms with Crippen LogP contribution in [0.2, 0.25) is 5.02 Å². The monoisotopic (exact) mass is 380 g/mol. The second-order valence-corrected chi connectivity index (χ2v) is 6.85. The summed E-state index contributed by atoms with van der Waals surface area (Å²) >= 11 is 5.94. The SMILES string of the molecule is Clc1ccc(CNc2nccc(N3CCOC[C@@H]3c3ccccc3)n2)cc1. The maximum atomic E-state index is 5.94. The van der Waals surface area contributed by atoms with Gasteiger partial charge in [-0.05, 0) is 29.3 Å². The highest BCUT2D eigenvalue weighted by Crippen LogP contribution is 2.28. The first-order valence-corrected chi connectivity index (χ1v) is 9.38. The number of benzene rings is 2. The average Bonchev–Trinajstić information content (AvgIpc) is 2.74. The Morgan fingerprint density at radius 3 is 2.70 bits per heavy atom. The van der Waals surface area contributed by atoms with Crippen molar-refractivity contribution in [3.8, 4) is 0 Å². The Hall–Kier alpha value is -2.63. The molecule has 0 spiro atoms. The van der Waals surface area contributed by atoms with Crippen LogP contribution < -0.4 is 10.2 Å². The standard InChI is InChI=1S/C21H21ClN4O/c22-18-8-6-16(7-9-18)14-24-21-23-11-10-20(25-21)26-12-13-27-15-19(26)17-4-2-1-3-5-17/h1-11,19H,12-15H2,(H,23,24,25)/t19-/m1/s1. The van der Waals surface area contributed by atoms with Crippen LogP contribution in [0.5, 0.6) is 0 Å². The number of morpholine rings is 1. The second-order valence-electron chi connectivity index (χ2n) is 6.41. The van der Waals surface area contributed by atoms with Crippen molar-refractivity contribution in [2.24, 2.45) is 0 Å². The number of nitrogens with one attached hydrogen (secondary N) is 1. The Morgan fingerprint density at radius 2 is 1.89 bits per heavy atom. The van der Waals surface area contributed by atoms with Crippen molar-refractivity contribution in [3.63, 3.8) is 0 Å². The first kappa shape index (κ1) is 17.8. The summed E-state index contributed by atoms with van der Waals surface area (Å²) in [4.78, 5) is 11.4. The van der Waals surface area contributed by atoms with E-state index in [1.54, 1.807) is 6.20 Å². The van der Waals surface area contributed by atoms with Crippen LogP contribution >= 0.6 is 11.6 Å². The van der Waals surface area contributed by atoms with Crippen LogP contribution in [0, 0.1) is 0 Å². The molecule has 1 fully saturated rings. The largest absolute Gasteiger partial charge is 0.377 e. The quantitative estimate of drug-likeness (QED) is 0.714. The minimum Gasteiger partial charge on any atom is -0.377 e. The number of hydrogen-bond acceptors (Lipinski definition) is 5. The highest BCUT2D eigenvalue weighted by atomic mass is 35.5. The van der Waals surface area contributed by atoms with Crippen LogP contribution in [-0.2, 0) is 11.3 Å². The van der Waals surface area contributed by atoms with E-state index in [-0.39, 0.29) is 6.04 Å². The second kappa shape index (κ2) is 8.37. The highest BCUT2D eigenvalue weighted by molar-refractivity contribution is 6.30. The van der Waals surface area contributed by atoms with Crippen LogP contribution in [0.1, 0.15) is 17.2 Å². The zero-order valence-electron chi connectivity index (χ0n) is 14.9. The number of halogens is 1. The molecule has 2 aromatic carbocycles. The summed E-state index contributed by atoms with van der Waals surface area (Å²) < 4.78 is 5.72. The van der Waals surface area contributed by atoms with Crippen molar-refractivity contribution >= 4 is 23.4 Å². The summed E-state index contributed by atoms with van der Waals surface area (Å²) in [6.45, 7) is 2.79. The van der Waals surface area contributed by atoms with Crippen molar-refractivity contribution < 1.29 is 4.74 Å². The first-order chi connectivity index (χ1) is 13.3. The molecule has 2 heterocycles. The summed E-state index contributed by atoms with van der Waals surface area (Å²) in [5.74, 6) is 1.52. The summed E-state index contributed by atoms with van der Waals surface area (Å²) in [6, 6.07) is 20.3. The predicted octanol–water partition coefficient (Wildman–Crippen LogP) is 4.32. The molecule has 1 saturated heterocycles. The molecule has 1 N–H and O–H groups in total. The van der Waals surface area contributed by atoms with Gasteiger partial charge in [0.05, 0.1) is 19.3 Å². The summed E-state index contributed by atoms with van der Waals surface area (Å²) in [7, 11) is 0. The van der Waals surface area contributed by atoms with Gasteiger partial charge in [0, 0.05) is 24.3 Å². The topological polar surface area (TPSA) is 50.3 Å². The Balaban J connectivity index is 1.51. The molecule has 0 aliphatic carbocycles. The minimum absolute atomic E-state index is 0.152. The van der Waals surface area contributed by atoms with E-state index in [0.29, 0.717) is 25.7 Å². The molecule has 27 heavy (non-hydrogen) atoms. The Kier molecular flexibility index (Phi) is 5.51. The fourth-order valence-electron chi connectivity index (χ4n) is 3.21. The molecule has 1 aliphatic heterocycles. The van der Waals surface area contributed by atoms with Gasteiger partial charge in [0.2, 0.25) is 5.95 Å². The summed E-state index contributed by atoms with van der Waals surface area (Å²) in [5, 5.41) is 4.02. The molecular weight excluding hydrogens is 360 g/mol. The zero-order valence-corrected chi connectivity index (χ0v) is 15.6. The molecule has 6 heteroatoms. The van der Waals surface area contributed by atoms with Gasteiger partial charge in [-0.3, -0.25) is 0 Å². The molecule has 1 atom stereocenters. The van der Waals surface area contributed by atoms with Crippen molar-refractivity contribution in [2.75, 3.05) is 30.0 Å². The van der Waals surface area contributed by atoms with Gasteiger partial charge in [0.1, 0.15) is 5.82 Å². The van der Waals surface area contributed by atoms with E-state index >= 15 is 0 Å². The normalized spacial score (nSPS) is 16.9. The van der Waals surface area contributed by atoms with Crippen molar-refractivity contribution in [1.82, 2.24) is 9.97 Å². The molecular formula is C21H21ClN4O. The van der Waals surface area contributed by atoms with Crippen LogP contribution in [-0.4, -0.2) is 29.7 Å². The molecule has 4 rings (SSSR count). The zero-order chi connectivity index (χ0) is 18.5. The summed E-state index contributed by atoms with van der Waals surface area (Å²) in [6.07, 6.45) is 1.80. The molecule has 0 amide bonds. The van der Waals surface area contributed by atoms with Gasteiger partial charge < -0.3 is 15.0 Å². The lowest BCUT2D eigenvalue weighted by molar-refractivity contribution is 0.0937. The van der Waals surface area contributed by atoms with E-state index in [1.807, 2.05) is 36.4 Å². The third-order valence-electron chi connectivity index (χ3n) is 4.61. The maximum Gasteiger partial charge on any atom is 0.224 e. The number of nitrogens with zero attached hydrogens (tertiary/aromatic N) is 3. The van der Waals surface area contributed by atoms with Gasteiger partial charge in [-0.25, -0.2) is 4.98 Å². The number of rotatable bonds is 5. The van der Waals surface area contributed by atoms with Gasteiger partial charge in [-0.15, -0.1) is 0 Å². The Labute approximate surface area is 164 Å². The van der Waals surface area contributed by atoms with E-state index in [9.17, 15) is 0 Å². The first-order valence-electron chi connectivity index (χ1n) is 9.00. The summed E-state index contributed by atoms with van der Waals surface area (Å²) in [5.41, 5.74) is 2.36. The number of aromatic nitrogens is 2. The lowest BCUT2D eigenvalue weighted by Crippen LogP contribution is -2.40. The molecule has 1 aromatic heterocycles. The van der Waals surface area contributed by atoms with Crippen molar-refractivity contribution in [2.45, 2.75) is 12.6 Å². The van der Waals surface area contributed by atoms with Gasteiger partial charge >= 0.3 is 0 Å². The fraction of sp³-hybridized carbons (Fsp3) is 0.238. The van der Waals surface area contributed by atoms with E-state index in [4.69, 9.17) is 21.3 Å². The average molecular weight is 381 g/mol. The lowest BCUT2D eigenvalue weighted by Gasteiger charge is -2.36. The minimum atomic E-state index is 0.152. The van der Waals surface area contributed by atoms with Gasteiger partial charge in [0.25, 0.3) is 0 Å².